The molecule has 1 aliphatic rings. The molecular formula is C14H17N3O4. The molecule has 21 heavy (non-hydrogen) atoms. The van der Waals surface area contributed by atoms with Crippen molar-refractivity contribution in [1.82, 2.24) is 14.5 Å². The molecule has 3 rings (SSSR count). The van der Waals surface area contributed by atoms with Crippen molar-refractivity contribution in [2.45, 2.75) is 24.9 Å². The monoisotopic (exact) mass is 291 g/mol. The minimum Gasteiger partial charge on any atom is -0.505 e. The Morgan fingerprint density at radius 3 is 2.90 bits per heavy atom. The summed E-state index contributed by atoms with van der Waals surface area (Å²) in [4.78, 5) is 8.32. The second kappa shape index (κ2) is 4.80. The van der Waals surface area contributed by atoms with E-state index >= 15 is 0 Å². The van der Waals surface area contributed by atoms with Crippen LogP contribution in [0.5, 0.6) is 5.75 Å². The van der Waals surface area contributed by atoms with Gasteiger partial charge in [0.2, 0.25) is 0 Å². The second-order valence-corrected chi connectivity index (χ2v) is 5.28. The minimum absolute atomic E-state index is 0.0297. The molecule has 2 aromatic heterocycles. The third-order valence-electron chi connectivity index (χ3n) is 4.09. The quantitative estimate of drug-likeness (QED) is 0.715. The number of nitrogens with zero attached hydrogens (tertiary/aromatic N) is 3. The van der Waals surface area contributed by atoms with Crippen LogP contribution in [0.2, 0.25) is 0 Å². The van der Waals surface area contributed by atoms with Crippen LogP contribution in [0.1, 0.15) is 13.2 Å². The van der Waals surface area contributed by atoms with Gasteiger partial charge in [0.25, 0.3) is 0 Å². The summed E-state index contributed by atoms with van der Waals surface area (Å²) >= 11 is 0. The number of imidazole rings is 1. The van der Waals surface area contributed by atoms with Gasteiger partial charge in [0.15, 0.2) is 5.65 Å². The van der Waals surface area contributed by atoms with E-state index in [4.69, 9.17) is 4.74 Å². The van der Waals surface area contributed by atoms with Crippen LogP contribution in [0.15, 0.2) is 31.2 Å². The topological polar surface area (TPSA) is 101 Å². The third kappa shape index (κ3) is 1.85. The summed E-state index contributed by atoms with van der Waals surface area (Å²) in [5.41, 5.74) is -0.392. The van der Waals surface area contributed by atoms with Gasteiger partial charge in [0, 0.05) is 18.2 Å². The SMILES string of the molecule is C=C[C@]1(CO)O[C@@H](n2cnc3c(O)ccnc32)[C@@H](C)[C@@H]1O. The van der Waals surface area contributed by atoms with Gasteiger partial charge in [-0.05, 0) is 0 Å². The van der Waals surface area contributed by atoms with Gasteiger partial charge in [-0.2, -0.15) is 0 Å². The molecule has 1 saturated heterocycles. The van der Waals surface area contributed by atoms with Crippen LogP contribution < -0.4 is 0 Å². The van der Waals surface area contributed by atoms with Gasteiger partial charge in [-0.3, -0.25) is 4.57 Å². The van der Waals surface area contributed by atoms with Crippen LogP contribution in [-0.2, 0) is 4.74 Å². The molecule has 3 heterocycles. The van der Waals surface area contributed by atoms with Crippen molar-refractivity contribution in [1.29, 1.82) is 0 Å². The maximum absolute atomic E-state index is 10.3. The summed E-state index contributed by atoms with van der Waals surface area (Å²) < 4.78 is 7.49. The van der Waals surface area contributed by atoms with Crippen LogP contribution >= 0.6 is 0 Å². The first-order valence-electron chi connectivity index (χ1n) is 6.65. The number of aromatic hydroxyl groups is 1. The van der Waals surface area contributed by atoms with Crippen molar-refractivity contribution in [3.8, 4) is 5.75 Å². The molecule has 4 atom stereocenters. The molecule has 0 bridgehead atoms. The smallest absolute Gasteiger partial charge is 0.165 e. The molecule has 0 radical (unpaired) electrons. The number of aromatic nitrogens is 3. The molecule has 1 fully saturated rings. The maximum atomic E-state index is 10.3. The van der Waals surface area contributed by atoms with Gasteiger partial charge in [0.1, 0.15) is 23.1 Å². The lowest BCUT2D eigenvalue weighted by atomic mass is 9.91. The van der Waals surface area contributed by atoms with Crippen LogP contribution in [0.25, 0.3) is 11.2 Å². The normalized spacial score (nSPS) is 32.6. The number of hydrogen-bond donors (Lipinski definition) is 3. The van der Waals surface area contributed by atoms with E-state index < -0.39 is 17.9 Å². The molecule has 7 nitrogen and oxygen atoms in total. The van der Waals surface area contributed by atoms with E-state index in [1.165, 1.54) is 24.7 Å². The standard InChI is InChI=1S/C14H17N3O4/c1-3-14(6-18)11(20)8(2)13(21-14)17-7-16-10-9(19)4-5-15-12(10)17/h3-5,7-8,11,13,18,20H,1,6H2,2H3,(H,15,19)/t8-,11-,13+,14+/m0/s1. The average molecular weight is 291 g/mol. The Labute approximate surface area is 121 Å². The molecule has 0 amide bonds. The zero-order valence-electron chi connectivity index (χ0n) is 11.5. The van der Waals surface area contributed by atoms with Crippen molar-refractivity contribution in [3.63, 3.8) is 0 Å². The van der Waals surface area contributed by atoms with E-state index in [1.54, 1.807) is 4.57 Å². The van der Waals surface area contributed by atoms with Crippen LogP contribution in [0.4, 0.5) is 0 Å². The maximum Gasteiger partial charge on any atom is 0.165 e. The highest BCUT2D eigenvalue weighted by Crippen LogP contribution is 2.42. The zero-order valence-corrected chi connectivity index (χ0v) is 11.5. The van der Waals surface area contributed by atoms with Crippen molar-refractivity contribution >= 4 is 11.2 Å². The summed E-state index contributed by atoms with van der Waals surface area (Å²) in [7, 11) is 0. The Bertz CT molecular complexity index is 686. The number of hydrogen-bond acceptors (Lipinski definition) is 6. The van der Waals surface area contributed by atoms with Crippen LogP contribution in [0, 0.1) is 5.92 Å². The molecule has 3 N–H and O–H groups in total. The second-order valence-electron chi connectivity index (χ2n) is 5.28. The average Bonchev–Trinajstić information content (AvgIpc) is 3.02. The molecular weight excluding hydrogens is 274 g/mol. The zero-order chi connectivity index (χ0) is 15.2. The molecule has 0 saturated carbocycles. The van der Waals surface area contributed by atoms with Gasteiger partial charge in [-0.1, -0.05) is 13.0 Å². The Hall–Kier alpha value is -1.96. The van der Waals surface area contributed by atoms with Gasteiger partial charge in [-0.15, -0.1) is 6.58 Å². The molecule has 1 aliphatic heterocycles. The number of fused-ring (bicyclic) bond motifs is 1. The van der Waals surface area contributed by atoms with E-state index in [0.29, 0.717) is 11.2 Å². The first-order chi connectivity index (χ1) is 10.0. The fraction of sp³-hybridized carbons (Fsp3) is 0.429. The summed E-state index contributed by atoms with van der Waals surface area (Å²) in [6.07, 6.45) is 2.92. The summed E-state index contributed by atoms with van der Waals surface area (Å²) in [6, 6.07) is 1.45. The number of aliphatic hydroxyl groups excluding tert-OH is 2. The lowest BCUT2D eigenvalue weighted by molar-refractivity contribution is -0.0957. The lowest BCUT2D eigenvalue weighted by Crippen LogP contribution is -2.42. The van der Waals surface area contributed by atoms with E-state index in [0.717, 1.165) is 0 Å². The predicted molar refractivity (Wildman–Crippen MR) is 74.5 cm³/mol. The fourth-order valence-electron chi connectivity index (χ4n) is 2.78. The van der Waals surface area contributed by atoms with Crippen LogP contribution in [0.3, 0.4) is 0 Å². The van der Waals surface area contributed by atoms with E-state index in [1.807, 2.05) is 6.92 Å². The van der Waals surface area contributed by atoms with E-state index in [-0.39, 0.29) is 18.3 Å². The minimum atomic E-state index is -1.21. The van der Waals surface area contributed by atoms with Crippen molar-refractivity contribution in [2.75, 3.05) is 6.61 Å². The van der Waals surface area contributed by atoms with E-state index in [9.17, 15) is 15.3 Å². The third-order valence-corrected chi connectivity index (χ3v) is 4.09. The Kier molecular flexibility index (Phi) is 3.20. The first-order valence-corrected chi connectivity index (χ1v) is 6.65. The molecule has 0 aromatic carbocycles. The molecule has 112 valence electrons. The van der Waals surface area contributed by atoms with Gasteiger partial charge in [-0.25, -0.2) is 9.97 Å². The Morgan fingerprint density at radius 1 is 1.52 bits per heavy atom. The van der Waals surface area contributed by atoms with E-state index in [2.05, 4.69) is 16.5 Å². The fourth-order valence-corrected chi connectivity index (χ4v) is 2.78. The Morgan fingerprint density at radius 2 is 2.29 bits per heavy atom. The highest BCUT2D eigenvalue weighted by molar-refractivity contribution is 5.77. The summed E-state index contributed by atoms with van der Waals surface area (Å²) in [5, 5.41) is 29.7. The number of rotatable bonds is 3. The summed E-state index contributed by atoms with van der Waals surface area (Å²) in [5.74, 6) is -0.279. The molecule has 0 unspecified atom stereocenters. The van der Waals surface area contributed by atoms with Gasteiger partial charge < -0.3 is 20.1 Å². The predicted octanol–water partition coefficient (Wildman–Crippen LogP) is 0.580. The van der Waals surface area contributed by atoms with Gasteiger partial charge >= 0.3 is 0 Å². The summed E-state index contributed by atoms with van der Waals surface area (Å²) in [6.45, 7) is 5.08. The molecule has 0 spiro atoms. The van der Waals surface area contributed by atoms with Crippen molar-refractivity contribution in [3.05, 3.63) is 31.2 Å². The molecule has 0 aliphatic carbocycles. The van der Waals surface area contributed by atoms with Crippen molar-refractivity contribution < 1.29 is 20.1 Å². The number of pyridine rings is 1. The highest BCUT2D eigenvalue weighted by atomic mass is 16.6. The highest BCUT2D eigenvalue weighted by Gasteiger charge is 2.51. The number of aliphatic hydroxyl groups is 2. The largest absolute Gasteiger partial charge is 0.505 e. The number of ether oxygens (including phenoxy) is 1. The van der Waals surface area contributed by atoms with Gasteiger partial charge in [0.05, 0.1) is 19.0 Å². The van der Waals surface area contributed by atoms with Crippen molar-refractivity contribution in [2.24, 2.45) is 5.92 Å². The molecule has 2 aromatic rings. The Balaban J connectivity index is 2.08. The molecule has 7 heteroatoms. The first kappa shape index (κ1) is 14.0. The lowest BCUT2D eigenvalue weighted by Gasteiger charge is -2.26. The van der Waals surface area contributed by atoms with Crippen LogP contribution in [-0.4, -0.2) is 48.2 Å².